The number of aromatic nitrogens is 2. The maximum atomic E-state index is 13.7. The Morgan fingerprint density at radius 2 is 2.04 bits per heavy atom. The molecule has 3 aromatic rings. The van der Waals surface area contributed by atoms with Crippen LogP contribution in [0.4, 0.5) is 4.39 Å². The first-order valence-electron chi connectivity index (χ1n) is 7.73. The van der Waals surface area contributed by atoms with Gasteiger partial charge in [-0.25, -0.2) is 9.37 Å². The maximum absolute atomic E-state index is 13.7. The number of phenolic OH excluding ortho intramolecular Hbond substituents is 1. The van der Waals surface area contributed by atoms with Gasteiger partial charge in [0, 0.05) is 29.4 Å². The standard InChI is InChI=1S/C19H18FN3O/c1-13(9-16-11-21-12-22-16)23-19(14-5-3-2-4-6-14)17-10-15(20)7-8-18(17)24/h2-8,10-13,24H,9H2,1H3,(H,21,22)/t13-/m1/s1. The lowest BCUT2D eigenvalue weighted by Gasteiger charge is -2.13. The Hall–Kier alpha value is -2.95. The van der Waals surface area contributed by atoms with Crippen molar-refractivity contribution in [2.75, 3.05) is 0 Å². The molecule has 1 atom stereocenters. The van der Waals surface area contributed by atoms with E-state index in [-0.39, 0.29) is 11.8 Å². The Bertz CT molecular complexity index is 829. The predicted molar refractivity (Wildman–Crippen MR) is 91.9 cm³/mol. The van der Waals surface area contributed by atoms with Crippen LogP contribution in [0.2, 0.25) is 0 Å². The van der Waals surface area contributed by atoms with Gasteiger partial charge in [0.05, 0.1) is 18.1 Å². The molecule has 0 amide bonds. The summed E-state index contributed by atoms with van der Waals surface area (Å²) >= 11 is 0. The summed E-state index contributed by atoms with van der Waals surface area (Å²) in [6.45, 7) is 1.97. The van der Waals surface area contributed by atoms with Crippen LogP contribution in [-0.2, 0) is 6.42 Å². The van der Waals surface area contributed by atoms with Crippen molar-refractivity contribution in [1.29, 1.82) is 0 Å². The molecule has 0 aliphatic carbocycles. The Kier molecular flexibility index (Phi) is 4.70. The van der Waals surface area contributed by atoms with Gasteiger partial charge in [-0.2, -0.15) is 0 Å². The van der Waals surface area contributed by atoms with Crippen LogP contribution in [0.25, 0.3) is 0 Å². The molecule has 0 radical (unpaired) electrons. The fourth-order valence-electron chi connectivity index (χ4n) is 2.57. The van der Waals surface area contributed by atoms with Crippen LogP contribution in [0.5, 0.6) is 5.75 Å². The van der Waals surface area contributed by atoms with E-state index in [1.54, 1.807) is 12.5 Å². The van der Waals surface area contributed by atoms with Crippen LogP contribution in [0, 0.1) is 5.82 Å². The van der Waals surface area contributed by atoms with Gasteiger partial charge < -0.3 is 10.1 Å². The lowest BCUT2D eigenvalue weighted by atomic mass is 10.0. The van der Waals surface area contributed by atoms with Crippen molar-refractivity contribution < 1.29 is 9.50 Å². The number of aromatic hydroxyl groups is 1. The van der Waals surface area contributed by atoms with Gasteiger partial charge in [0.1, 0.15) is 11.6 Å². The maximum Gasteiger partial charge on any atom is 0.125 e. The number of imidazole rings is 1. The topological polar surface area (TPSA) is 61.3 Å². The molecule has 1 heterocycles. The van der Waals surface area contributed by atoms with E-state index in [9.17, 15) is 9.50 Å². The molecule has 24 heavy (non-hydrogen) atoms. The molecular formula is C19H18FN3O. The highest BCUT2D eigenvalue weighted by molar-refractivity contribution is 6.14. The van der Waals surface area contributed by atoms with E-state index in [0.29, 0.717) is 17.7 Å². The van der Waals surface area contributed by atoms with E-state index in [0.717, 1.165) is 11.3 Å². The van der Waals surface area contributed by atoms with E-state index in [4.69, 9.17) is 4.99 Å². The molecule has 122 valence electrons. The molecule has 0 unspecified atom stereocenters. The molecule has 0 saturated heterocycles. The summed E-state index contributed by atoms with van der Waals surface area (Å²) in [6, 6.07) is 13.3. The van der Waals surface area contributed by atoms with Crippen molar-refractivity contribution in [3.05, 3.63) is 83.7 Å². The molecular weight excluding hydrogens is 305 g/mol. The van der Waals surface area contributed by atoms with Crippen molar-refractivity contribution in [3.8, 4) is 5.75 Å². The minimum atomic E-state index is -0.410. The van der Waals surface area contributed by atoms with E-state index in [2.05, 4.69) is 9.97 Å². The van der Waals surface area contributed by atoms with Crippen LogP contribution in [0.1, 0.15) is 23.7 Å². The highest BCUT2D eigenvalue weighted by atomic mass is 19.1. The average Bonchev–Trinajstić information content (AvgIpc) is 3.09. The van der Waals surface area contributed by atoms with Gasteiger partial charge in [-0.05, 0) is 25.1 Å². The summed E-state index contributed by atoms with van der Waals surface area (Å²) in [5.74, 6) is -0.402. The highest BCUT2D eigenvalue weighted by Gasteiger charge is 2.14. The zero-order valence-electron chi connectivity index (χ0n) is 13.3. The van der Waals surface area contributed by atoms with Crippen LogP contribution < -0.4 is 0 Å². The number of hydrogen-bond acceptors (Lipinski definition) is 3. The van der Waals surface area contributed by atoms with E-state index in [1.165, 1.54) is 18.2 Å². The van der Waals surface area contributed by atoms with Gasteiger partial charge >= 0.3 is 0 Å². The number of hydrogen-bond donors (Lipinski definition) is 2. The SMILES string of the molecule is C[C@H](Cc1cnc[nH]1)N=C(c1ccccc1)c1cc(F)ccc1O. The third kappa shape index (κ3) is 3.68. The first kappa shape index (κ1) is 15.9. The summed E-state index contributed by atoms with van der Waals surface area (Å²) in [5, 5.41) is 10.2. The fourth-order valence-corrected chi connectivity index (χ4v) is 2.57. The van der Waals surface area contributed by atoms with Gasteiger partial charge in [-0.15, -0.1) is 0 Å². The number of aromatic amines is 1. The third-order valence-corrected chi connectivity index (χ3v) is 3.68. The highest BCUT2D eigenvalue weighted by Crippen LogP contribution is 2.23. The first-order valence-corrected chi connectivity index (χ1v) is 7.73. The summed E-state index contributed by atoms with van der Waals surface area (Å²) in [7, 11) is 0. The first-order chi connectivity index (χ1) is 11.6. The van der Waals surface area contributed by atoms with E-state index < -0.39 is 5.82 Å². The Morgan fingerprint density at radius 1 is 1.25 bits per heavy atom. The monoisotopic (exact) mass is 323 g/mol. The minimum Gasteiger partial charge on any atom is -0.507 e. The Morgan fingerprint density at radius 3 is 2.75 bits per heavy atom. The number of nitrogens with one attached hydrogen (secondary N) is 1. The number of rotatable bonds is 5. The number of benzene rings is 2. The zero-order valence-corrected chi connectivity index (χ0v) is 13.3. The molecule has 0 saturated carbocycles. The molecule has 5 heteroatoms. The van der Waals surface area contributed by atoms with Crippen molar-refractivity contribution in [2.45, 2.75) is 19.4 Å². The van der Waals surface area contributed by atoms with Gasteiger partial charge in [0.15, 0.2) is 0 Å². The van der Waals surface area contributed by atoms with Crippen LogP contribution in [0.3, 0.4) is 0 Å². The van der Waals surface area contributed by atoms with E-state index in [1.807, 2.05) is 37.3 Å². The molecule has 2 aromatic carbocycles. The largest absolute Gasteiger partial charge is 0.507 e. The second-order valence-electron chi connectivity index (χ2n) is 5.64. The quantitative estimate of drug-likeness (QED) is 0.703. The van der Waals surface area contributed by atoms with Crippen molar-refractivity contribution in [3.63, 3.8) is 0 Å². The average molecular weight is 323 g/mol. The van der Waals surface area contributed by atoms with Crippen molar-refractivity contribution >= 4 is 5.71 Å². The second kappa shape index (κ2) is 7.08. The molecule has 0 aliphatic rings. The summed E-state index contributed by atoms with van der Waals surface area (Å²) in [6.07, 6.45) is 4.06. The molecule has 3 rings (SSSR count). The molecule has 0 spiro atoms. The van der Waals surface area contributed by atoms with Crippen LogP contribution in [-0.4, -0.2) is 26.8 Å². The Balaban J connectivity index is 2.02. The van der Waals surface area contributed by atoms with Gasteiger partial charge in [0.2, 0.25) is 0 Å². The van der Waals surface area contributed by atoms with Gasteiger partial charge in [-0.3, -0.25) is 4.99 Å². The van der Waals surface area contributed by atoms with Crippen molar-refractivity contribution in [1.82, 2.24) is 9.97 Å². The zero-order chi connectivity index (χ0) is 16.9. The molecule has 0 bridgehead atoms. The number of nitrogens with zero attached hydrogens (tertiary/aromatic N) is 2. The molecule has 0 aliphatic heterocycles. The van der Waals surface area contributed by atoms with Crippen molar-refractivity contribution in [2.24, 2.45) is 4.99 Å². The van der Waals surface area contributed by atoms with Gasteiger partial charge in [0.25, 0.3) is 0 Å². The molecule has 4 nitrogen and oxygen atoms in total. The van der Waals surface area contributed by atoms with Crippen LogP contribution >= 0.6 is 0 Å². The Labute approximate surface area is 139 Å². The summed E-state index contributed by atoms with van der Waals surface area (Å²) in [5.41, 5.74) is 2.76. The number of H-pyrrole nitrogens is 1. The second-order valence-corrected chi connectivity index (χ2v) is 5.64. The molecule has 0 fully saturated rings. The number of aliphatic imine (C=N–C) groups is 1. The summed E-state index contributed by atoms with van der Waals surface area (Å²) < 4.78 is 13.7. The van der Waals surface area contributed by atoms with Gasteiger partial charge in [-0.1, -0.05) is 30.3 Å². The molecule has 1 aromatic heterocycles. The normalized spacial score (nSPS) is 13.0. The smallest absolute Gasteiger partial charge is 0.125 e. The lowest BCUT2D eigenvalue weighted by molar-refractivity contribution is 0.472. The summed E-state index contributed by atoms with van der Waals surface area (Å²) in [4.78, 5) is 11.8. The predicted octanol–water partition coefficient (Wildman–Crippen LogP) is 3.72. The number of halogens is 1. The van der Waals surface area contributed by atoms with E-state index >= 15 is 0 Å². The number of phenols is 1. The molecule has 2 N–H and O–H groups in total. The lowest BCUT2D eigenvalue weighted by Crippen LogP contribution is -2.12. The fraction of sp³-hybridized carbons (Fsp3) is 0.158. The van der Waals surface area contributed by atoms with Crippen LogP contribution in [0.15, 0.2) is 66.0 Å². The third-order valence-electron chi connectivity index (χ3n) is 3.68. The minimum absolute atomic E-state index is 0.00717.